The zero-order valence-electron chi connectivity index (χ0n) is 12.2. The highest BCUT2D eigenvalue weighted by Crippen LogP contribution is 2.26. The molecular weight excluding hydrogens is 276 g/mol. The molecule has 0 saturated heterocycles. The molecule has 0 amide bonds. The van der Waals surface area contributed by atoms with Gasteiger partial charge in [0.25, 0.3) is 0 Å². The fourth-order valence-corrected chi connectivity index (χ4v) is 2.58. The van der Waals surface area contributed by atoms with Crippen molar-refractivity contribution in [3.8, 4) is 5.75 Å². The number of hydrogen-bond donors (Lipinski definition) is 1. The van der Waals surface area contributed by atoms with Crippen molar-refractivity contribution in [2.24, 2.45) is 0 Å². The number of hydrogen-bond acceptors (Lipinski definition) is 4. The molecule has 0 radical (unpaired) electrons. The smallest absolute Gasteiger partial charge is 0.138 e. The number of rotatable bonds is 5. The zero-order valence-corrected chi connectivity index (χ0v) is 12.9. The van der Waals surface area contributed by atoms with Crippen LogP contribution in [0.4, 0.5) is 0 Å². The van der Waals surface area contributed by atoms with Crippen molar-refractivity contribution in [1.29, 1.82) is 0 Å². The first-order valence-corrected chi connectivity index (χ1v) is 6.89. The molecule has 1 aromatic heterocycles. The Hall–Kier alpha value is -1.52. The van der Waals surface area contributed by atoms with Crippen LogP contribution in [0.5, 0.6) is 5.75 Å². The van der Waals surface area contributed by atoms with Gasteiger partial charge in [-0.15, -0.1) is 0 Å². The van der Waals surface area contributed by atoms with Crippen LogP contribution in [0.25, 0.3) is 0 Å². The van der Waals surface area contributed by atoms with E-state index in [4.69, 9.17) is 20.9 Å². The molecule has 1 aromatic carbocycles. The Morgan fingerprint density at radius 3 is 2.70 bits per heavy atom. The Bertz CT molecular complexity index is 576. The van der Waals surface area contributed by atoms with Gasteiger partial charge in [0, 0.05) is 18.2 Å². The second-order valence-corrected chi connectivity index (χ2v) is 5.22. The third-order valence-electron chi connectivity index (χ3n) is 3.35. The van der Waals surface area contributed by atoms with Gasteiger partial charge in [-0.3, -0.25) is 0 Å². The van der Waals surface area contributed by atoms with Gasteiger partial charge in [0.15, 0.2) is 0 Å². The summed E-state index contributed by atoms with van der Waals surface area (Å²) in [7, 11) is 1.61. The van der Waals surface area contributed by atoms with E-state index in [-0.39, 0.29) is 6.04 Å². The Morgan fingerprint density at radius 1 is 1.40 bits per heavy atom. The summed E-state index contributed by atoms with van der Waals surface area (Å²) < 4.78 is 10.3. The fraction of sp³-hybridized carbons (Fsp3) is 0.400. The van der Waals surface area contributed by atoms with Crippen LogP contribution in [0.1, 0.15) is 35.5 Å². The molecule has 0 aliphatic carbocycles. The van der Waals surface area contributed by atoms with Gasteiger partial charge >= 0.3 is 0 Å². The van der Waals surface area contributed by atoms with Gasteiger partial charge in [0.2, 0.25) is 0 Å². The van der Waals surface area contributed by atoms with E-state index in [1.165, 1.54) is 0 Å². The summed E-state index contributed by atoms with van der Waals surface area (Å²) in [5, 5.41) is 8.05. The molecule has 0 aliphatic heterocycles. The number of aromatic nitrogens is 1. The third-order valence-corrected chi connectivity index (χ3v) is 3.65. The molecule has 0 saturated carbocycles. The summed E-state index contributed by atoms with van der Waals surface area (Å²) in [6.45, 7) is 6.69. The minimum Gasteiger partial charge on any atom is -0.495 e. The number of methoxy groups -OCH3 is 1. The first-order valence-electron chi connectivity index (χ1n) is 6.51. The van der Waals surface area contributed by atoms with Crippen molar-refractivity contribution in [3.63, 3.8) is 0 Å². The molecule has 5 heteroatoms. The van der Waals surface area contributed by atoms with E-state index in [1.807, 2.05) is 32.0 Å². The van der Waals surface area contributed by atoms with Gasteiger partial charge in [0.1, 0.15) is 11.5 Å². The number of ether oxygens (including phenoxy) is 1. The van der Waals surface area contributed by atoms with Gasteiger partial charge < -0.3 is 14.6 Å². The lowest BCUT2D eigenvalue weighted by Crippen LogP contribution is -2.19. The van der Waals surface area contributed by atoms with E-state index in [0.717, 1.165) is 29.1 Å². The quantitative estimate of drug-likeness (QED) is 0.911. The standard InChI is InChI=1S/C15H19ClN2O2/c1-9(15-10(2)18-20-11(15)3)17-8-12-5-6-14(19-4)13(16)7-12/h5-7,9,17H,8H2,1-4H3. The summed E-state index contributed by atoms with van der Waals surface area (Å²) in [5.74, 6) is 1.55. The lowest BCUT2D eigenvalue weighted by molar-refractivity contribution is 0.390. The maximum absolute atomic E-state index is 6.12. The molecule has 0 aliphatic rings. The molecule has 2 rings (SSSR count). The highest BCUT2D eigenvalue weighted by atomic mass is 35.5. The second kappa shape index (κ2) is 6.29. The maximum Gasteiger partial charge on any atom is 0.138 e. The summed E-state index contributed by atoms with van der Waals surface area (Å²) >= 11 is 6.12. The van der Waals surface area contributed by atoms with Crippen LogP contribution in [-0.4, -0.2) is 12.3 Å². The third kappa shape index (κ3) is 3.14. The van der Waals surface area contributed by atoms with Crippen LogP contribution < -0.4 is 10.1 Å². The number of aryl methyl sites for hydroxylation is 2. The van der Waals surface area contributed by atoms with Gasteiger partial charge in [-0.1, -0.05) is 22.8 Å². The van der Waals surface area contributed by atoms with Gasteiger partial charge in [0.05, 0.1) is 17.8 Å². The van der Waals surface area contributed by atoms with Crippen molar-refractivity contribution in [1.82, 2.24) is 10.5 Å². The largest absolute Gasteiger partial charge is 0.495 e. The van der Waals surface area contributed by atoms with E-state index >= 15 is 0 Å². The monoisotopic (exact) mass is 294 g/mol. The summed E-state index contributed by atoms with van der Waals surface area (Å²) in [6.07, 6.45) is 0. The van der Waals surface area contributed by atoms with Gasteiger partial charge in [-0.05, 0) is 38.5 Å². The molecule has 0 bridgehead atoms. The Morgan fingerprint density at radius 2 is 2.15 bits per heavy atom. The predicted octanol–water partition coefficient (Wildman–Crippen LogP) is 3.80. The van der Waals surface area contributed by atoms with E-state index in [2.05, 4.69) is 17.4 Å². The van der Waals surface area contributed by atoms with Crippen LogP contribution in [0.15, 0.2) is 22.7 Å². The molecule has 1 heterocycles. The average molecular weight is 295 g/mol. The lowest BCUT2D eigenvalue weighted by Gasteiger charge is -2.14. The Balaban J connectivity index is 2.03. The van der Waals surface area contributed by atoms with Crippen molar-refractivity contribution >= 4 is 11.6 Å². The van der Waals surface area contributed by atoms with Crippen LogP contribution in [0.2, 0.25) is 5.02 Å². The molecule has 1 N–H and O–H groups in total. The van der Waals surface area contributed by atoms with Crippen molar-refractivity contribution < 1.29 is 9.26 Å². The summed E-state index contributed by atoms with van der Waals surface area (Å²) in [6, 6.07) is 5.95. The first kappa shape index (κ1) is 14.9. The Labute approximate surface area is 124 Å². The maximum atomic E-state index is 6.12. The predicted molar refractivity (Wildman–Crippen MR) is 79.2 cm³/mol. The number of nitrogens with one attached hydrogen (secondary N) is 1. The normalized spacial score (nSPS) is 12.4. The highest BCUT2D eigenvalue weighted by Gasteiger charge is 2.15. The van der Waals surface area contributed by atoms with Crippen molar-refractivity contribution in [2.45, 2.75) is 33.4 Å². The lowest BCUT2D eigenvalue weighted by atomic mass is 10.1. The average Bonchev–Trinajstić information content (AvgIpc) is 2.76. The number of benzene rings is 1. The molecule has 1 atom stereocenters. The van der Waals surface area contributed by atoms with E-state index in [0.29, 0.717) is 10.8 Å². The molecule has 0 spiro atoms. The number of nitrogens with zero attached hydrogens (tertiary/aromatic N) is 1. The molecule has 1 unspecified atom stereocenters. The van der Waals surface area contributed by atoms with Gasteiger partial charge in [-0.25, -0.2) is 0 Å². The molecule has 0 fully saturated rings. The summed E-state index contributed by atoms with van der Waals surface area (Å²) in [5.41, 5.74) is 3.15. The van der Waals surface area contributed by atoms with Crippen LogP contribution in [0.3, 0.4) is 0 Å². The molecule has 4 nitrogen and oxygen atoms in total. The Kier molecular flexibility index (Phi) is 4.68. The van der Waals surface area contributed by atoms with Gasteiger partial charge in [-0.2, -0.15) is 0 Å². The van der Waals surface area contributed by atoms with Crippen molar-refractivity contribution in [2.75, 3.05) is 7.11 Å². The minimum absolute atomic E-state index is 0.169. The minimum atomic E-state index is 0.169. The van der Waals surface area contributed by atoms with E-state index in [1.54, 1.807) is 7.11 Å². The van der Waals surface area contributed by atoms with Crippen LogP contribution >= 0.6 is 11.6 Å². The first-order chi connectivity index (χ1) is 9.52. The van der Waals surface area contributed by atoms with E-state index in [9.17, 15) is 0 Å². The topological polar surface area (TPSA) is 47.3 Å². The summed E-state index contributed by atoms with van der Waals surface area (Å²) in [4.78, 5) is 0. The molecule has 2 aromatic rings. The molecule has 20 heavy (non-hydrogen) atoms. The number of halogens is 1. The second-order valence-electron chi connectivity index (χ2n) is 4.81. The molecular formula is C15H19ClN2O2. The zero-order chi connectivity index (χ0) is 14.7. The highest BCUT2D eigenvalue weighted by molar-refractivity contribution is 6.32. The van der Waals surface area contributed by atoms with Crippen molar-refractivity contribution in [3.05, 3.63) is 45.8 Å². The SMILES string of the molecule is COc1ccc(CNC(C)c2c(C)noc2C)cc1Cl. The van der Waals surface area contributed by atoms with Crippen LogP contribution in [-0.2, 0) is 6.54 Å². The van der Waals surface area contributed by atoms with E-state index < -0.39 is 0 Å². The molecule has 108 valence electrons. The fourth-order valence-electron chi connectivity index (χ4n) is 2.30. The van der Waals surface area contributed by atoms with Crippen LogP contribution in [0, 0.1) is 13.8 Å².